The summed E-state index contributed by atoms with van der Waals surface area (Å²) in [6, 6.07) is 13.4. The molecule has 2 aliphatic heterocycles. The average molecular weight is 368 g/mol. The Kier molecular flexibility index (Phi) is 4.63. The molecule has 27 heavy (non-hydrogen) atoms. The normalized spacial score (nSPS) is 21.9. The predicted octanol–water partition coefficient (Wildman–Crippen LogP) is 1.72. The van der Waals surface area contributed by atoms with Crippen LogP contribution in [0.5, 0.6) is 5.75 Å². The van der Waals surface area contributed by atoms with E-state index in [1.807, 2.05) is 12.1 Å². The first kappa shape index (κ1) is 17.6. The molecule has 0 radical (unpaired) electrons. The molecular formula is C20H24N4O3. The van der Waals surface area contributed by atoms with E-state index in [1.165, 1.54) is 0 Å². The highest BCUT2D eigenvalue weighted by molar-refractivity contribution is 6.02. The van der Waals surface area contributed by atoms with Gasteiger partial charge in [-0.3, -0.25) is 4.79 Å². The van der Waals surface area contributed by atoms with Crippen LogP contribution in [0.4, 0.5) is 11.4 Å². The van der Waals surface area contributed by atoms with Crippen LogP contribution in [0.1, 0.15) is 15.9 Å². The topological polar surface area (TPSA) is 74.9 Å². The van der Waals surface area contributed by atoms with Crippen LogP contribution in [0.2, 0.25) is 0 Å². The van der Waals surface area contributed by atoms with E-state index < -0.39 is 5.85 Å². The first-order chi connectivity index (χ1) is 13.1. The minimum atomic E-state index is -1.13. The van der Waals surface area contributed by atoms with Crippen LogP contribution >= 0.6 is 0 Å². The van der Waals surface area contributed by atoms with Crippen molar-refractivity contribution in [1.29, 1.82) is 0 Å². The Hall–Kier alpha value is -2.77. The maximum Gasteiger partial charge on any atom is 0.257 e. The third kappa shape index (κ3) is 3.20. The van der Waals surface area contributed by atoms with E-state index in [1.54, 1.807) is 32.4 Å². The maximum atomic E-state index is 12.7. The molecule has 0 aliphatic carbocycles. The highest BCUT2D eigenvalue weighted by atomic mass is 16.5. The van der Waals surface area contributed by atoms with E-state index in [0.717, 1.165) is 37.4 Å². The van der Waals surface area contributed by atoms with Gasteiger partial charge in [0.1, 0.15) is 5.75 Å². The summed E-state index contributed by atoms with van der Waals surface area (Å²) in [5.74, 6) is -0.646. The zero-order valence-electron chi connectivity index (χ0n) is 15.5. The summed E-state index contributed by atoms with van der Waals surface area (Å²) in [4.78, 5) is 15.0. The van der Waals surface area contributed by atoms with E-state index in [9.17, 15) is 4.79 Å². The molecule has 1 saturated heterocycles. The van der Waals surface area contributed by atoms with Gasteiger partial charge in [-0.05, 0) is 24.3 Å². The number of hydrogen-bond acceptors (Lipinski definition) is 6. The van der Waals surface area contributed by atoms with Crippen LogP contribution in [0.25, 0.3) is 0 Å². The summed E-state index contributed by atoms with van der Waals surface area (Å²) >= 11 is 0. The Balaban J connectivity index is 1.65. The third-order valence-corrected chi connectivity index (χ3v) is 5.13. The van der Waals surface area contributed by atoms with Crippen LogP contribution in [0.15, 0.2) is 42.5 Å². The number of methoxy groups -OCH3 is 2. The highest BCUT2D eigenvalue weighted by Crippen LogP contribution is 2.34. The monoisotopic (exact) mass is 368 g/mol. The lowest BCUT2D eigenvalue weighted by atomic mass is 10.0. The standard InChI is InChI=1S/C20H24N4O3/c1-26-16-7-8-17-18(13-16)22-20(27-2,23-19(17)25)14-3-5-15(6-4-14)24-11-9-21-10-12-24/h3-8,13,21-22H,9-12H2,1-2H3,(H,23,25). The molecule has 1 amide bonds. The van der Waals surface area contributed by atoms with Crippen molar-refractivity contribution in [2.75, 3.05) is 50.6 Å². The van der Waals surface area contributed by atoms with Crippen molar-refractivity contribution in [2.45, 2.75) is 5.85 Å². The number of amides is 1. The summed E-state index contributed by atoms with van der Waals surface area (Å²) in [6.45, 7) is 3.94. The zero-order valence-corrected chi connectivity index (χ0v) is 15.5. The Morgan fingerprint density at radius 3 is 2.41 bits per heavy atom. The molecule has 2 heterocycles. The van der Waals surface area contributed by atoms with E-state index in [4.69, 9.17) is 9.47 Å². The summed E-state index contributed by atoms with van der Waals surface area (Å²) in [7, 11) is 3.17. The van der Waals surface area contributed by atoms with Gasteiger partial charge in [-0.2, -0.15) is 0 Å². The van der Waals surface area contributed by atoms with E-state index in [-0.39, 0.29) is 5.91 Å². The lowest BCUT2D eigenvalue weighted by molar-refractivity contribution is -0.0176. The molecule has 7 nitrogen and oxygen atoms in total. The van der Waals surface area contributed by atoms with Crippen molar-refractivity contribution >= 4 is 17.3 Å². The first-order valence-corrected chi connectivity index (χ1v) is 9.05. The molecule has 2 aliphatic rings. The van der Waals surface area contributed by atoms with E-state index >= 15 is 0 Å². The number of piperazine rings is 1. The second-order valence-electron chi connectivity index (χ2n) is 6.66. The Labute approximate surface area is 158 Å². The number of carbonyl (C=O) groups excluding carboxylic acids is 1. The van der Waals surface area contributed by atoms with Gasteiger partial charge in [-0.15, -0.1) is 0 Å². The molecule has 1 unspecified atom stereocenters. The van der Waals surface area contributed by atoms with E-state index in [2.05, 4.69) is 33.0 Å². The molecule has 3 N–H and O–H groups in total. The molecule has 4 rings (SSSR count). The van der Waals surface area contributed by atoms with Gasteiger partial charge in [0.05, 0.1) is 18.4 Å². The number of anilines is 2. The maximum absolute atomic E-state index is 12.7. The van der Waals surface area contributed by atoms with Gasteiger partial charge < -0.3 is 30.3 Å². The molecule has 0 aromatic heterocycles. The van der Waals surface area contributed by atoms with Crippen LogP contribution < -0.4 is 25.6 Å². The number of nitrogens with one attached hydrogen (secondary N) is 3. The van der Waals surface area contributed by atoms with Gasteiger partial charge in [0.2, 0.25) is 5.85 Å². The molecule has 2 aromatic carbocycles. The summed E-state index contributed by atoms with van der Waals surface area (Å²) in [5, 5.41) is 9.63. The molecule has 1 atom stereocenters. The van der Waals surface area contributed by atoms with Gasteiger partial charge in [0.15, 0.2) is 0 Å². The number of carbonyl (C=O) groups is 1. The Bertz CT molecular complexity index is 834. The molecule has 1 fully saturated rings. The molecule has 0 spiro atoms. The fraction of sp³-hybridized carbons (Fsp3) is 0.350. The van der Waals surface area contributed by atoms with Gasteiger partial charge >= 0.3 is 0 Å². The molecule has 7 heteroatoms. The van der Waals surface area contributed by atoms with Crippen LogP contribution in [-0.4, -0.2) is 46.3 Å². The van der Waals surface area contributed by atoms with Crippen LogP contribution in [0, 0.1) is 0 Å². The average Bonchev–Trinajstić information content (AvgIpc) is 2.74. The number of hydrogen-bond donors (Lipinski definition) is 3. The Morgan fingerprint density at radius 2 is 1.74 bits per heavy atom. The second kappa shape index (κ2) is 7.09. The van der Waals surface area contributed by atoms with Crippen molar-refractivity contribution < 1.29 is 14.3 Å². The van der Waals surface area contributed by atoms with Crippen molar-refractivity contribution in [3.63, 3.8) is 0 Å². The lowest BCUT2D eigenvalue weighted by Crippen LogP contribution is -2.56. The van der Waals surface area contributed by atoms with Crippen molar-refractivity contribution in [2.24, 2.45) is 0 Å². The molecule has 0 saturated carbocycles. The SMILES string of the molecule is COc1ccc2c(c1)NC(OC)(c1ccc(N3CCNCC3)cc1)NC2=O. The molecular weight excluding hydrogens is 344 g/mol. The molecule has 0 bridgehead atoms. The van der Waals surface area contributed by atoms with Crippen molar-refractivity contribution in [3.8, 4) is 5.75 Å². The fourth-order valence-electron chi connectivity index (χ4n) is 3.59. The van der Waals surface area contributed by atoms with Gasteiger partial charge in [0, 0.05) is 50.6 Å². The van der Waals surface area contributed by atoms with Gasteiger partial charge in [0.25, 0.3) is 5.91 Å². The molecule has 142 valence electrons. The minimum Gasteiger partial charge on any atom is -0.497 e. The summed E-state index contributed by atoms with van der Waals surface area (Å²) < 4.78 is 11.0. The highest BCUT2D eigenvalue weighted by Gasteiger charge is 2.39. The van der Waals surface area contributed by atoms with Crippen LogP contribution in [-0.2, 0) is 10.6 Å². The van der Waals surface area contributed by atoms with Gasteiger partial charge in [-0.1, -0.05) is 12.1 Å². The predicted molar refractivity (Wildman–Crippen MR) is 104 cm³/mol. The smallest absolute Gasteiger partial charge is 0.257 e. The minimum absolute atomic E-state index is 0.195. The molecule has 2 aromatic rings. The first-order valence-electron chi connectivity index (χ1n) is 9.05. The van der Waals surface area contributed by atoms with Crippen molar-refractivity contribution in [1.82, 2.24) is 10.6 Å². The van der Waals surface area contributed by atoms with E-state index in [0.29, 0.717) is 17.0 Å². The second-order valence-corrected chi connectivity index (χ2v) is 6.66. The summed E-state index contributed by atoms with van der Waals surface area (Å²) in [6.07, 6.45) is 0. The van der Waals surface area contributed by atoms with Crippen LogP contribution in [0.3, 0.4) is 0 Å². The zero-order chi connectivity index (χ0) is 18.9. The quantitative estimate of drug-likeness (QED) is 0.763. The van der Waals surface area contributed by atoms with Crippen molar-refractivity contribution in [3.05, 3.63) is 53.6 Å². The summed E-state index contributed by atoms with van der Waals surface area (Å²) in [5.41, 5.74) is 3.22. The number of fused-ring (bicyclic) bond motifs is 1. The largest absolute Gasteiger partial charge is 0.497 e. The fourth-order valence-corrected chi connectivity index (χ4v) is 3.59. The number of nitrogens with zero attached hydrogens (tertiary/aromatic N) is 1. The number of ether oxygens (including phenoxy) is 2. The Morgan fingerprint density at radius 1 is 1.00 bits per heavy atom. The third-order valence-electron chi connectivity index (χ3n) is 5.13. The van der Waals surface area contributed by atoms with Gasteiger partial charge in [-0.25, -0.2) is 0 Å². The lowest BCUT2D eigenvalue weighted by Gasteiger charge is -2.39. The number of benzene rings is 2. The number of rotatable bonds is 4.